The van der Waals surface area contributed by atoms with E-state index in [0.717, 1.165) is 4.31 Å². The van der Waals surface area contributed by atoms with Gasteiger partial charge in [0.1, 0.15) is 24.1 Å². The van der Waals surface area contributed by atoms with E-state index < -0.39 is 28.5 Å². The lowest BCUT2D eigenvalue weighted by atomic mass is 10.1. The number of halogens is 1. The van der Waals surface area contributed by atoms with Crippen LogP contribution in [0.2, 0.25) is 5.02 Å². The van der Waals surface area contributed by atoms with Crippen molar-refractivity contribution in [3.8, 4) is 23.0 Å². The maximum absolute atomic E-state index is 14.4. The van der Waals surface area contributed by atoms with Crippen LogP contribution in [0.1, 0.15) is 26.3 Å². The summed E-state index contributed by atoms with van der Waals surface area (Å²) in [6.07, 6.45) is 0. The number of hydrogen-bond donors (Lipinski definition) is 1. The second-order valence-corrected chi connectivity index (χ2v) is 12.8. The monoisotopic (exact) mass is 661 g/mol. The minimum Gasteiger partial charge on any atom is -0.497 e. The molecule has 1 atom stereocenters. The molecule has 244 valence electrons. The summed E-state index contributed by atoms with van der Waals surface area (Å²) in [7, 11) is 1.20. The fraction of sp³-hybridized carbons (Fsp3) is 0.375. The first-order valence-electron chi connectivity index (χ1n) is 14.1. The first-order valence-corrected chi connectivity index (χ1v) is 16.0. The van der Waals surface area contributed by atoms with Gasteiger partial charge in [0.05, 0.1) is 39.0 Å². The molecule has 13 heteroatoms. The summed E-state index contributed by atoms with van der Waals surface area (Å²) in [6.45, 7) is 5.23. The van der Waals surface area contributed by atoms with E-state index in [1.807, 2.05) is 13.8 Å². The van der Waals surface area contributed by atoms with Gasteiger partial charge in [-0.3, -0.25) is 13.9 Å². The summed E-state index contributed by atoms with van der Waals surface area (Å²) in [5.74, 6) is 0.177. The number of sulfonamides is 1. The molecule has 0 aliphatic carbocycles. The van der Waals surface area contributed by atoms with E-state index in [1.54, 1.807) is 43.3 Å². The molecule has 3 rings (SSSR count). The van der Waals surface area contributed by atoms with E-state index >= 15 is 0 Å². The molecule has 3 aromatic carbocycles. The highest BCUT2D eigenvalue weighted by Gasteiger charge is 2.34. The smallest absolute Gasteiger partial charge is 0.265 e. The molecule has 0 saturated carbocycles. The molecule has 45 heavy (non-hydrogen) atoms. The average molecular weight is 662 g/mol. The summed E-state index contributed by atoms with van der Waals surface area (Å²) in [5, 5.41) is 3.31. The summed E-state index contributed by atoms with van der Waals surface area (Å²) < 4.78 is 51.2. The maximum Gasteiger partial charge on any atom is 0.265 e. The minimum absolute atomic E-state index is 0.00481. The molecule has 3 aromatic rings. The van der Waals surface area contributed by atoms with Crippen molar-refractivity contribution in [2.75, 3.05) is 45.8 Å². The van der Waals surface area contributed by atoms with Crippen LogP contribution < -0.4 is 28.6 Å². The molecular weight excluding hydrogens is 622 g/mol. The van der Waals surface area contributed by atoms with Gasteiger partial charge < -0.3 is 29.2 Å². The molecule has 0 bridgehead atoms. The average Bonchev–Trinajstić information content (AvgIpc) is 3.03. The van der Waals surface area contributed by atoms with Crippen molar-refractivity contribution in [2.45, 2.75) is 38.3 Å². The Morgan fingerprint density at radius 2 is 1.51 bits per heavy atom. The van der Waals surface area contributed by atoms with E-state index in [4.69, 9.17) is 30.5 Å². The Balaban J connectivity index is 2.16. The number of methoxy groups -OCH3 is 4. The van der Waals surface area contributed by atoms with Crippen LogP contribution in [0, 0.1) is 5.92 Å². The van der Waals surface area contributed by atoms with Gasteiger partial charge in [-0.2, -0.15) is 0 Å². The highest BCUT2D eigenvalue weighted by molar-refractivity contribution is 7.92. The van der Waals surface area contributed by atoms with Gasteiger partial charge in [-0.25, -0.2) is 8.42 Å². The van der Waals surface area contributed by atoms with Crippen molar-refractivity contribution in [3.63, 3.8) is 0 Å². The maximum atomic E-state index is 14.4. The number of hydrogen-bond acceptors (Lipinski definition) is 8. The SMILES string of the molecule is COc1ccc(OC)c(N(CC(=O)N(Cc2cccc(Cl)c2)[C@@H](C)C(=O)NCC(C)C)S(=O)(=O)c2ccc(OC)c(OC)c2)c1. The van der Waals surface area contributed by atoms with Crippen LogP contribution in [-0.2, 0) is 26.2 Å². The van der Waals surface area contributed by atoms with E-state index in [-0.39, 0.29) is 40.5 Å². The molecule has 1 N–H and O–H groups in total. The van der Waals surface area contributed by atoms with Crippen LogP contribution in [0.3, 0.4) is 0 Å². The Morgan fingerprint density at radius 1 is 0.844 bits per heavy atom. The molecule has 2 amide bonds. The quantitative estimate of drug-likeness (QED) is 0.247. The Morgan fingerprint density at radius 3 is 2.11 bits per heavy atom. The second-order valence-electron chi connectivity index (χ2n) is 10.5. The van der Waals surface area contributed by atoms with Crippen molar-refractivity contribution >= 4 is 39.1 Å². The van der Waals surface area contributed by atoms with Gasteiger partial charge in [0.15, 0.2) is 11.5 Å². The van der Waals surface area contributed by atoms with E-state index in [0.29, 0.717) is 28.6 Å². The first-order chi connectivity index (χ1) is 21.4. The van der Waals surface area contributed by atoms with Crippen molar-refractivity contribution in [2.24, 2.45) is 5.92 Å². The standard InChI is InChI=1S/C32H40ClN3O8S/c1-21(2)18-34-32(38)22(3)35(19-23-9-8-10-24(33)15-23)31(37)20-36(27-16-25(41-4)11-13-28(27)42-5)45(39,40)26-12-14-29(43-6)30(17-26)44-7/h8-17,21-22H,18-20H2,1-7H3,(H,34,38)/t22-/m0/s1. The number of carbonyl (C=O) groups is 2. The third-order valence-electron chi connectivity index (χ3n) is 6.97. The Hall–Kier alpha value is -4.16. The lowest BCUT2D eigenvalue weighted by Crippen LogP contribution is -2.51. The summed E-state index contributed by atoms with van der Waals surface area (Å²) in [5.41, 5.74) is 0.715. The number of carbonyl (C=O) groups excluding carboxylic acids is 2. The van der Waals surface area contributed by atoms with E-state index in [9.17, 15) is 18.0 Å². The molecule has 0 radical (unpaired) electrons. The van der Waals surface area contributed by atoms with Gasteiger partial charge in [0, 0.05) is 30.2 Å². The molecule has 11 nitrogen and oxygen atoms in total. The number of benzene rings is 3. The predicted octanol–water partition coefficient (Wildman–Crippen LogP) is 4.76. The zero-order valence-electron chi connectivity index (χ0n) is 26.5. The number of ether oxygens (including phenoxy) is 4. The molecule has 0 fully saturated rings. The van der Waals surface area contributed by atoms with Gasteiger partial charge in [0.25, 0.3) is 10.0 Å². The number of nitrogens with zero attached hydrogens (tertiary/aromatic N) is 2. The van der Waals surface area contributed by atoms with Gasteiger partial charge in [-0.15, -0.1) is 0 Å². The van der Waals surface area contributed by atoms with Crippen LogP contribution in [0.4, 0.5) is 5.69 Å². The van der Waals surface area contributed by atoms with E-state index in [1.165, 1.54) is 57.6 Å². The highest BCUT2D eigenvalue weighted by atomic mass is 35.5. The van der Waals surface area contributed by atoms with Gasteiger partial charge in [-0.05, 0) is 54.8 Å². The second kappa shape index (κ2) is 15.7. The third-order valence-corrected chi connectivity index (χ3v) is 8.96. The number of amides is 2. The van der Waals surface area contributed by atoms with Gasteiger partial charge >= 0.3 is 0 Å². The molecule has 0 aliphatic heterocycles. The third kappa shape index (κ3) is 8.73. The largest absolute Gasteiger partial charge is 0.497 e. The van der Waals surface area contributed by atoms with Crippen molar-refractivity contribution < 1.29 is 37.0 Å². The zero-order chi connectivity index (χ0) is 33.3. The Bertz CT molecular complexity index is 1600. The molecule has 0 aromatic heterocycles. The fourth-order valence-corrected chi connectivity index (χ4v) is 6.12. The summed E-state index contributed by atoms with van der Waals surface area (Å²) >= 11 is 6.22. The van der Waals surface area contributed by atoms with Crippen LogP contribution in [0.5, 0.6) is 23.0 Å². The Kier molecular flexibility index (Phi) is 12.3. The van der Waals surface area contributed by atoms with Crippen molar-refractivity contribution in [1.82, 2.24) is 10.2 Å². The van der Waals surface area contributed by atoms with Crippen LogP contribution in [0.25, 0.3) is 0 Å². The topological polar surface area (TPSA) is 124 Å². The highest BCUT2D eigenvalue weighted by Crippen LogP contribution is 2.37. The van der Waals surface area contributed by atoms with Crippen LogP contribution >= 0.6 is 11.6 Å². The van der Waals surface area contributed by atoms with Crippen molar-refractivity contribution in [1.29, 1.82) is 0 Å². The summed E-state index contributed by atoms with van der Waals surface area (Å²) in [4.78, 5) is 28.6. The Labute approximate surface area is 270 Å². The first kappa shape index (κ1) is 35.3. The zero-order valence-corrected chi connectivity index (χ0v) is 28.1. The van der Waals surface area contributed by atoms with Crippen LogP contribution in [-0.4, -0.2) is 72.7 Å². The summed E-state index contributed by atoms with van der Waals surface area (Å²) in [6, 6.07) is 14.7. The normalized spacial score (nSPS) is 11.8. The number of rotatable bonds is 15. The molecule has 0 heterocycles. The van der Waals surface area contributed by atoms with Crippen molar-refractivity contribution in [3.05, 3.63) is 71.2 Å². The molecule has 0 saturated heterocycles. The molecule has 0 aliphatic rings. The molecule has 0 spiro atoms. The van der Waals surface area contributed by atoms with E-state index in [2.05, 4.69) is 5.32 Å². The molecule has 0 unspecified atom stereocenters. The fourth-order valence-electron chi connectivity index (χ4n) is 4.48. The molecular formula is C32H40ClN3O8S. The van der Waals surface area contributed by atoms with Gasteiger partial charge in [-0.1, -0.05) is 37.6 Å². The minimum atomic E-state index is -4.45. The number of nitrogens with one attached hydrogen (secondary N) is 1. The lowest BCUT2D eigenvalue weighted by molar-refractivity contribution is -0.139. The predicted molar refractivity (Wildman–Crippen MR) is 173 cm³/mol. The van der Waals surface area contributed by atoms with Crippen LogP contribution in [0.15, 0.2) is 65.6 Å². The lowest BCUT2D eigenvalue weighted by Gasteiger charge is -2.32. The van der Waals surface area contributed by atoms with Gasteiger partial charge in [0.2, 0.25) is 11.8 Å². The number of anilines is 1.